The summed E-state index contributed by atoms with van der Waals surface area (Å²) in [6, 6.07) is -0.666. The molecular formula is C15H26N2O3. The van der Waals surface area contributed by atoms with E-state index in [2.05, 4.69) is 5.32 Å². The van der Waals surface area contributed by atoms with Gasteiger partial charge >= 0.3 is 0 Å². The first-order chi connectivity index (χ1) is 9.65. The van der Waals surface area contributed by atoms with Crippen molar-refractivity contribution >= 4 is 11.8 Å². The van der Waals surface area contributed by atoms with E-state index in [9.17, 15) is 9.59 Å². The Balaban J connectivity index is 2.09. The van der Waals surface area contributed by atoms with E-state index >= 15 is 0 Å². The normalized spacial score (nSPS) is 28.6. The second-order valence-corrected chi connectivity index (χ2v) is 5.95. The van der Waals surface area contributed by atoms with Gasteiger partial charge in [-0.25, -0.2) is 0 Å². The first-order valence-electron chi connectivity index (χ1n) is 7.75. The molecule has 2 rings (SSSR count). The first kappa shape index (κ1) is 15.3. The highest BCUT2D eigenvalue weighted by atomic mass is 16.5. The van der Waals surface area contributed by atoms with Crippen LogP contribution in [0.4, 0.5) is 0 Å². The van der Waals surface area contributed by atoms with Crippen LogP contribution in [0.15, 0.2) is 0 Å². The molecule has 20 heavy (non-hydrogen) atoms. The smallest absolute Gasteiger partial charge is 0.245 e. The molecule has 0 spiro atoms. The Labute approximate surface area is 121 Å². The van der Waals surface area contributed by atoms with Crippen molar-refractivity contribution in [2.75, 3.05) is 20.3 Å². The number of methoxy groups -OCH3 is 1. The number of nitrogens with zero attached hydrogens (tertiary/aromatic N) is 1. The van der Waals surface area contributed by atoms with Crippen LogP contribution in [0, 0.1) is 5.92 Å². The van der Waals surface area contributed by atoms with Crippen LogP contribution >= 0.6 is 0 Å². The molecule has 2 aliphatic rings. The van der Waals surface area contributed by atoms with Crippen LogP contribution in [0.3, 0.4) is 0 Å². The van der Waals surface area contributed by atoms with E-state index in [1.165, 1.54) is 19.3 Å². The van der Waals surface area contributed by atoms with Crippen molar-refractivity contribution in [3.63, 3.8) is 0 Å². The molecule has 114 valence electrons. The molecule has 0 radical (unpaired) electrons. The van der Waals surface area contributed by atoms with Crippen molar-refractivity contribution in [3.8, 4) is 0 Å². The van der Waals surface area contributed by atoms with Crippen LogP contribution in [-0.4, -0.2) is 49.1 Å². The molecular weight excluding hydrogens is 256 g/mol. The van der Waals surface area contributed by atoms with Gasteiger partial charge in [-0.3, -0.25) is 9.59 Å². The monoisotopic (exact) mass is 282 g/mol. The van der Waals surface area contributed by atoms with Crippen molar-refractivity contribution in [2.45, 2.75) is 57.5 Å². The minimum atomic E-state index is -0.398. The van der Waals surface area contributed by atoms with Gasteiger partial charge in [0, 0.05) is 20.3 Å². The third-order valence-electron chi connectivity index (χ3n) is 4.46. The molecule has 2 fully saturated rings. The van der Waals surface area contributed by atoms with Crippen LogP contribution in [0.2, 0.25) is 0 Å². The highest BCUT2D eigenvalue weighted by Gasteiger charge is 2.42. The topological polar surface area (TPSA) is 58.6 Å². The minimum absolute atomic E-state index is 0.0291. The molecule has 0 aromatic carbocycles. The quantitative estimate of drug-likeness (QED) is 0.774. The summed E-state index contributed by atoms with van der Waals surface area (Å²) in [5.74, 6) is 0.403. The van der Waals surface area contributed by atoms with Gasteiger partial charge in [0.2, 0.25) is 11.8 Å². The minimum Gasteiger partial charge on any atom is -0.385 e. The molecule has 5 heteroatoms. The van der Waals surface area contributed by atoms with E-state index in [1.54, 1.807) is 18.9 Å². The Morgan fingerprint density at radius 1 is 1.25 bits per heavy atom. The predicted octanol–water partition coefficient (Wildman–Crippen LogP) is 1.32. The number of carbonyl (C=O) groups is 2. The van der Waals surface area contributed by atoms with Gasteiger partial charge in [0.1, 0.15) is 12.1 Å². The Morgan fingerprint density at radius 2 is 1.95 bits per heavy atom. The fourth-order valence-electron chi connectivity index (χ4n) is 3.43. The summed E-state index contributed by atoms with van der Waals surface area (Å²) in [5, 5.41) is 2.84. The van der Waals surface area contributed by atoms with Gasteiger partial charge in [-0.15, -0.1) is 0 Å². The third-order valence-corrected chi connectivity index (χ3v) is 4.46. The summed E-state index contributed by atoms with van der Waals surface area (Å²) in [5.41, 5.74) is 0. The zero-order chi connectivity index (χ0) is 14.5. The molecule has 1 heterocycles. The number of hydrogen-bond donors (Lipinski definition) is 1. The molecule has 1 N–H and O–H groups in total. The molecule has 2 amide bonds. The predicted molar refractivity (Wildman–Crippen MR) is 76.2 cm³/mol. The molecule has 1 aliphatic heterocycles. The number of piperazine rings is 1. The average Bonchev–Trinajstić information content (AvgIpc) is 2.45. The summed E-state index contributed by atoms with van der Waals surface area (Å²) in [6.45, 7) is 3.00. The van der Waals surface area contributed by atoms with Gasteiger partial charge in [0.05, 0.1) is 0 Å². The number of nitrogens with one attached hydrogen (secondary N) is 1. The Hall–Kier alpha value is -1.10. The molecule has 1 saturated carbocycles. The van der Waals surface area contributed by atoms with Gasteiger partial charge in [0.25, 0.3) is 0 Å². The van der Waals surface area contributed by atoms with Gasteiger partial charge in [0.15, 0.2) is 0 Å². The summed E-state index contributed by atoms with van der Waals surface area (Å²) in [4.78, 5) is 26.5. The van der Waals surface area contributed by atoms with E-state index in [0.29, 0.717) is 19.1 Å². The maximum absolute atomic E-state index is 12.4. The van der Waals surface area contributed by atoms with Gasteiger partial charge in [-0.2, -0.15) is 0 Å². The summed E-state index contributed by atoms with van der Waals surface area (Å²) >= 11 is 0. The lowest BCUT2D eigenvalue weighted by molar-refractivity contribution is -0.151. The molecule has 0 aromatic heterocycles. The second kappa shape index (κ2) is 7.07. The second-order valence-electron chi connectivity index (χ2n) is 5.95. The van der Waals surface area contributed by atoms with Crippen LogP contribution in [0.25, 0.3) is 0 Å². The molecule has 2 unspecified atom stereocenters. The summed E-state index contributed by atoms with van der Waals surface area (Å²) < 4.78 is 5.06. The Kier molecular flexibility index (Phi) is 5.40. The standard InChI is InChI=1S/C15H26N2O3/c1-11-15(19)17(9-6-10-20-2)13(14(18)16-11)12-7-4-3-5-8-12/h11-13H,3-10H2,1-2H3,(H,16,18). The van der Waals surface area contributed by atoms with Crippen LogP contribution < -0.4 is 5.32 Å². The van der Waals surface area contributed by atoms with E-state index in [1.807, 2.05) is 0 Å². The summed E-state index contributed by atoms with van der Waals surface area (Å²) in [7, 11) is 1.66. The first-order valence-corrected chi connectivity index (χ1v) is 7.75. The molecule has 2 atom stereocenters. The zero-order valence-electron chi connectivity index (χ0n) is 12.6. The Bertz CT molecular complexity index is 353. The van der Waals surface area contributed by atoms with Gasteiger partial charge < -0.3 is 15.0 Å². The highest BCUT2D eigenvalue weighted by molar-refractivity contribution is 5.96. The fraction of sp³-hybridized carbons (Fsp3) is 0.867. The van der Waals surface area contributed by atoms with E-state index in [-0.39, 0.29) is 17.9 Å². The number of amides is 2. The van der Waals surface area contributed by atoms with E-state index < -0.39 is 6.04 Å². The van der Waals surface area contributed by atoms with Crippen LogP contribution in [-0.2, 0) is 14.3 Å². The lowest BCUT2D eigenvalue weighted by atomic mass is 9.81. The molecule has 1 aliphatic carbocycles. The van der Waals surface area contributed by atoms with Crippen molar-refractivity contribution in [1.29, 1.82) is 0 Å². The lowest BCUT2D eigenvalue weighted by Crippen LogP contribution is -2.64. The summed E-state index contributed by atoms with van der Waals surface area (Å²) in [6.07, 6.45) is 6.49. The number of rotatable bonds is 5. The Morgan fingerprint density at radius 3 is 2.60 bits per heavy atom. The van der Waals surface area contributed by atoms with Crippen molar-refractivity contribution in [3.05, 3.63) is 0 Å². The number of hydrogen-bond acceptors (Lipinski definition) is 3. The van der Waals surface area contributed by atoms with Gasteiger partial charge in [-0.1, -0.05) is 19.3 Å². The van der Waals surface area contributed by atoms with E-state index in [4.69, 9.17) is 4.74 Å². The highest BCUT2D eigenvalue weighted by Crippen LogP contribution is 2.31. The van der Waals surface area contributed by atoms with Crippen molar-refractivity contribution in [2.24, 2.45) is 5.92 Å². The van der Waals surface area contributed by atoms with Crippen molar-refractivity contribution in [1.82, 2.24) is 10.2 Å². The molecule has 5 nitrogen and oxygen atoms in total. The largest absolute Gasteiger partial charge is 0.385 e. The SMILES string of the molecule is COCCCN1C(=O)C(C)NC(=O)C1C1CCCCC1. The number of ether oxygens (including phenoxy) is 1. The lowest BCUT2D eigenvalue weighted by Gasteiger charge is -2.42. The maximum Gasteiger partial charge on any atom is 0.245 e. The zero-order valence-corrected chi connectivity index (χ0v) is 12.6. The third kappa shape index (κ3) is 3.32. The maximum atomic E-state index is 12.4. The van der Waals surface area contributed by atoms with E-state index in [0.717, 1.165) is 19.3 Å². The molecule has 0 bridgehead atoms. The average molecular weight is 282 g/mol. The van der Waals surface area contributed by atoms with Gasteiger partial charge in [-0.05, 0) is 32.1 Å². The van der Waals surface area contributed by atoms with Crippen LogP contribution in [0.5, 0.6) is 0 Å². The van der Waals surface area contributed by atoms with Crippen molar-refractivity contribution < 1.29 is 14.3 Å². The fourth-order valence-corrected chi connectivity index (χ4v) is 3.43. The number of carbonyl (C=O) groups excluding carboxylic acids is 2. The molecule has 1 saturated heterocycles. The van der Waals surface area contributed by atoms with Crippen LogP contribution in [0.1, 0.15) is 45.4 Å². The molecule has 0 aromatic rings.